The number of nitrogens with two attached hydrogens (primary N) is 1. The number of aryl methyl sites for hydroxylation is 1. The van der Waals surface area contributed by atoms with Gasteiger partial charge in [0.05, 0.1) is 19.3 Å². The van der Waals surface area contributed by atoms with Crippen molar-refractivity contribution in [3.63, 3.8) is 0 Å². The monoisotopic (exact) mass is 259 g/mol. The molecule has 0 fully saturated rings. The number of methoxy groups -OCH3 is 1. The zero-order valence-corrected chi connectivity index (χ0v) is 11.9. The van der Waals surface area contributed by atoms with Crippen molar-refractivity contribution in [2.75, 3.05) is 7.11 Å². The molecule has 4 heteroatoms. The van der Waals surface area contributed by atoms with Gasteiger partial charge in [-0.3, -0.25) is 4.68 Å². The first-order chi connectivity index (χ1) is 9.06. The van der Waals surface area contributed by atoms with E-state index >= 15 is 0 Å². The van der Waals surface area contributed by atoms with E-state index in [0.29, 0.717) is 0 Å². The van der Waals surface area contributed by atoms with Gasteiger partial charge in [0.15, 0.2) is 5.75 Å². The molecule has 19 heavy (non-hydrogen) atoms. The molecule has 1 aromatic carbocycles. The van der Waals surface area contributed by atoms with Gasteiger partial charge < -0.3 is 10.5 Å². The normalized spacial score (nSPS) is 12.7. The van der Waals surface area contributed by atoms with E-state index < -0.39 is 0 Å². The molecule has 0 saturated carbocycles. The Bertz CT molecular complexity index is 560. The third-order valence-corrected chi connectivity index (χ3v) is 3.33. The molecule has 2 aromatic rings. The molecule has 1 atom stereocenters. The standard InChI is InChI=1S/C15H21N3O/c1-10(2)18-15(13(19-4)9-17-18)14(16)12-8-6-5-7-11(12)3/h5-10,14H,16H2,1-4H3. The van der Waals surface area contributed by atoms with E-state index in [9.17, 15) is 0 Å². The van der Waals surface area contributed by atoms with Gasteiger partial charge in [-0.25, -0.2) is 0 Å². The minimum absolute atomic E-state index is 0.235. The van der Waals surface area contributed by atoms with Crippen LogP contribution in [0.3, 0.4) is 0 Å². The van der Waals surface area contributed by atoms with Gasteiger partial charge >= 0.3 is 0 Å². The number of hydrogen-bond acceptors (Lipinski definition) is 3. The zero-order chi connectivity index (χ0) is 14.0. The maximum Gasteiger partial charge on any atom is 0.161 e. The first-order valence-corrected chi connectivity index (χ1v) is 6.48. The molecule has 102 valence electrons. The molecule has 4 nitrogen and oxygen atoms in total. The molecule has 0 saturated heterocycles. The lowest BCUT2D eigenvalue weighted by Crippen LogP contribution is -2.20. The molecule has 1 aromatic heterocycles. The fraction of sp³-hybridized carbons (Fsp3) is 0.400. The van der Waals surface area contributed by atoms with Crippen molar-refractivity contribution in [1.82, 2.24) is 9.78 Å². The van der Waals surface area contributed by atoms with E-state index in [1.165, 1.54) is 5.56 Å². The molecule has 0 bridgehead atoms. The van der Waals surface area contributed by atoms with Gasteiger partial charge in [-0.2, -0.15) is 5.10 Å². The Hall–Kier alpha value is -1.81. The summed E-state index contributed by atoms with van der Waals surface area (Å²) < 4.78 is 7.32. The SMILES string of the molecule is COc1cnn(C(C)C)c1C(N)c1ccccc1C. The molecule has 0 aliphatic carbocycles. The van der Waals surface area contributed by atoms with Crippen LogP contribution in [0.5, 0.6) is 5.75 Å². The molecule has 0 spiro atoms. The van der Waals surface area contributed by atoms with E-state index in [1.807, 2.05) is 16.8 Å². The van der Waals surface area contributed by atoms with Crippen LogP contribution in [0, 0.1) is 6.92 Å². The summed E-state index contributed by atoms with van der Waals surface area (Å²) >= 11 is 0. The first kappa shape index (κ1) is 13.6. The topological polar surface area (TPSA) is 53.1 Å². The maximum atomic E-state index is 6.44. The Labute approximate surface area is 114 Å². The van der Waals surface area contributed by atoms with Crippen LogP contribution in [-0.4, -0.2) is 16.9 Å². The largest absolute Gasteiger partial charge is 0.493 e. The Balaban J connectivity index is 2.52. The summed E-state index contributed by atoms with van der Waals surface area (Å²) in [5.74, 6) is 0.740. The average molecular weight is 259 g/mol. The number of ether oxygens (including phenoxy) is 1. The second-order valence-electron chi connectivity index (χ2n) is 4.97. The Morgan fingerprint density at radius 1 is 1.26 bits per heavy atom. The lowest BCUT2D eigenvalue weighted by molar-refractivity contribution is 0.401. The molecule has 0 amide bonds. The zero-order valence-electron chi connectivity index (χ0n) is 11.9. The van der Waals surface area contributed by atoms with Crippen molar-refractivity contribution in [3.8, 4) is 5.75 Å². The lowest BCUT2D eigenvalue weighted by Gasteiger charge is -2.19. The number of nitrogens with zero attached hydrogens (tertiary/aromatic N) is 2. The quantitative estimate of drug-likeness (QED) is 0.918. The van der Waals surface area contributed by atoms with E-state index in [0.717, 1.165) is 17.0 Å². The van der Waals surface area contributed by atoms with Gasteiger partial charge in [0.1, 0.15) is 5.69 Å². The highest BCUT2D eigenvalue weighted by Crippen LogP contribution is 2.31. The predicted octanol–water partition coefficient (Wildman–Crippen LogP) is 2.83. The molecule has 0 aliphatic heterocycles. The van der Waals surface area contributed by atoms with Crippen LogP contribution in [0.15, 0.2) is 30.5 Å². The van der Waals surface area contributed by atoms with Crippen LogP contribution in [0.25, 0.3) is 0 Å². The summed E-state index contributed by atoms with van der Waals surface area (Å²) in [6.45, 7) is 6.23. The van der Waals surface area contributed by atoms with Gasteiger partial charge in [-0.05, 0) is 31.9 Å². The summed E-state index contributed by atoms with van der Waals surface area (Å²) in [4.78, 5) is 0. The summed E-state index contributed by atoms with van der Waals surface area (Å²) in [6.07, 6.45) is 1.73. The van der Waals surface area contributed by atoms with Gasteiger partial charge in [-0.1, -0.05) is 24.3 Å². The predicted molar refractivity (Wildman–Crippen MR) is 76.4 cm³/mol. The fourth-order valence-electron chi connectivity index (χ4n) is 2.30. The number of benzene rings is 1. The van der Waals surface area contributed by atoms with Crippen LogP contribution >= 0.6 is 0 Å². The molecular weight excluding hydrogens is 238 g/mol. The van der Waals surface area contributed by atoms with Crippen LogP contribution in [-0.2, 0) is 0 Å². The third kappa shape index (κ3) is 2.49. The summed E-state index contributed by atoms with van der Waals surface area (Å²) in [6, 6.07) is 8.15. The summed E-state index contributed by atoms with van der Waals surface area (Å²) in [5.41, 5.74) is 9.63. The van der Waals surface area contributed by atoms with Crippen molar-refractivity contribution < 1.29 is 4.74 Å². The van der Waals surface area contributed by atoms with Crippen molar-refractivity contribution in [2.24, 2.45) is 5.73 Å². The van der Waals surface area contributed by atoms with Gasteiger partial charge in [0.25, 0.3) is 0 Å². The van der Waals surface area contributed by atoms with Gasteiger partial charge in [0.2, 0.25) is 0 Å². The highest BCUT2D eigenvalue weighted by atomic mass is 16.5. The van der Waals surface area contributed by atoms with Crippen LogP contribution in [0.2, 0.25) is 0 Å². The molecule has 2 N–H and O–H groups in total. The van der Waals surface area contributed by atoms with Gasteiger partial charge in [-0.15, -0.1) is 0 Å². The van der Waals surface area contributed by atoms with E-state index in [2.05, 4.69) is 38.0 Å². The van der Waals surface area contributed by atoms with E-state index in [-0.39, 0.29) is 12.1 Å². The first-order valence-electron chi connectivity index (χ1n) is 6.48. The smallest absolute Gasteiger partial charge is 0.161 e. The Kier molecular flexibility index (Phi) is 3.90. The molecule has 1 heterocycles. The average Bonchev–Trinajstić information content (AvgIpc) is 2.82. The number of aromatic nitrogens is 2. The van der Waals surface area contributed by atoms with Crippen LogP contribution in [0.1, 0.15) is 42.8 Å². The Morgan fingerprint density at radius 3 is 2.53 bits per heavy atom. The van der Waals surface area contributed by atoms with Crippen molar-refractivity contribution in [3.05, 3.63) is 47.3 Å². The van der Waals surface area contributed by atoms with E-state index in [1.54, 1.807) is 13.3 Å². The fourth-order valence-corrected chi connectivity index (χ4v) is 2.30. The highest BCUT2D eigenvalue weighted by molar-refractivity contribution is 5.39. The Morgan fingerprint density at radius 2 is 1.95 bits per heavy atom. The van der Waals surface area contributed by atoms with Gasteiger partial charge in [0, 0.05) is 6.04 Å². The molecule has 0 radical (unpaired) electrons. The molecule has 0 aliphatic rings. The third-order valence-electron chi connectivity index (χ3n) is 3.33. The maximum absolute atomic E-state index is 6.44. The van der Waals surface area contributed by atoms with E-state index in [4.69, 9.17) is 10.5 Å². The minimum Gasteiger partial charge on any atom is -0.493 e. The lowest BCUT2D eigenvalue weighted by atomic mass is 9.99. The summed E-state index contributed by atoms with van der Waals surface area (Å²) in [5, 5.41) is 4.37. The minimum atomic E-state index is -0.235. The summed E-state index contributed by atoms with van der Waals surface area (Å²) in [7, 11) is 1.65. The van der Waals surface area contributed by atoms with Crippen molar-refractivity contribution in [1.29, 1.82) is 0 Å². The van der Waals surface area contributed by atoms with Crippen LogP contribution in [0.4, 0.5) is 0 Å². The van der Waals surface area contributed by atoms with Crippen molar-refractivity contribution in [2.45, 2.75) is 32.9 Å². The second-order valence-corrected chi connectivity index (χ2v) is 4.97. The highest BCUT2D eigenvalue weighted by Gasteiger charge is 2.22. The molecule has 2 rings (SSSR count). The molecular formula is C15H21N3O. The molecule has 1 unspecified atom stereocenters. The number of hydrogen-bond donors (Lipinski definition) is 1. The second kappa shape index (κ2) is 5.45. The van der Waals surface area contributed by atoms with Crippen molar-refractivity contribution >= 4 is 0 Å². The van der Waals surface area contributed by atoms with Crippen LogP contribution < -0.4 is 10.5 Å². The number of rotatable bonds is 4.